The van der Waals surface area contributed by atoms with E-state index >= 15 is 0 Å². The normalized spacial score (nSPS) is 31.5. The van der Waals surface area contributed by atoms with E-state index in [1.807, 2.05) is 6.07 Å². The van der Waals surface area contributed by atoms with Gasteiger partial charge in [-0.05, 0) is 43.2 Å². The summed E-state index contributed by atoms with van der Waals surface area (Å²) in [6, 6.07) is 6.60. The van der Waals surface area contributed by atoms with E-state index in [-0.39, 0.29) is 0 Å². The van der Waals surface area contributed by atoms with Gasteiger partial charge in [0.05, 0.1) is 5.02 Å². The second kappa shape index (κ2) is 5.72. The Morgan fingerprint density at radius 2 is 1.95 bits per heavy atom. The van der Waals surface area contributed by atoms with Crippen LogP contribution in [0.25, 0.3) is 0 Å². The summed E-state index contributed by atoms with van der Waals surface area (Å²) in [6.45, 7) is 4.21. The van der Waals surface area contributed by atoms with Gasteiger partial charge >= 0.3 is 0 Å². The van der Waals surface area contributed by atoms with Crippen molar-refractivity contribution in [2.45, 2.75) is 31.7 Å². The molecular weight excluding hydrogens is 296 g/mol. The number of aromatic nitrogens is 1. The average molecular weight is 317 g/mol. The fourth-order valence-electron chi connectivity index (χ4n) is 4.63. The SMILES string of the molecule is N#Cc1nc(N2CCN(C3CC4CCC3C4)CC2)ccc1Cl. The first kappa shape index (κ1) is 14.3. The van der Waals surface area contributed by atoms with Crippen molar-refractivity contribution in [3.63, 3.8) is 0 Å². The molecule has 22 heavy (non-hydrogen) atoms. The van der Waals surface area contributed by atoms with Crippen LogP contribution in [-0.2, 0) is 0 Å². The van der Waals surface area contributed by atoms with Gasteiger partial charge in [0, 0.05) is 32.2 Å². The van der Waals surface area contributed by atoms with Crippen molar-refractivity contribution in [3.05, 3.63) is 22.8 Å². The summed E-state index contributed by atoms with van der Waals surface area (Å²) in [6.07, 6.45) is 5.80. The molecule has 0 radical (unpaired) electrons. The molecule has 3 aliphatic rings. The Hall–Kier alpha value is -1.31. The van der Waals surface area contributed by atoms with Gasteiger partial charge in [-0.15, -0.1) is 0 Å². The van der Waals surface area contributed by atoms with Gasteiger partial charge in [-0.2, -0.15) is 5.26 Å². The summed E-state index contributed by atoms with van der Waals surface area (Å²) in [5.74, 6) is 2.84. The lowest BCUT2D eigenvalue weighted by Crippen LogP contribution is -2.52. The topological polar surface area (TPSA) is 43.2 Å². The average Bonchev–Trinajstić information content (AvgIpc) is 3.19. The van der Waals surface area contributed by atoms with Crippen LogP contribution in [0, 0.1) is 23.2 Å². The second-order valence-electron chi connectivity index (χ2n) is 6.88. The second-order valence-corrected chi connectivity index (χ2v) is 7.28. The molecule has 2 bridgehead atoms. The third-order valence-electron chi connectivity index (χ3n) is 5.75. The molecular formula is C17H21ClN4. The Morgan fingerprint density at radius 3 is 2.59 bits per heavy atom. The highest BCUT2D eigenvalue weighted by Crippen LogP contribution is 2.46. The lowest BCUT2D eigenvalue weighted by molar-refractivity contribution is 0.134. The van der Waals surface area contributed by atoms with Crippen LogP contribution in [0.3, 0.4) is 0 Å². The molecule has 1 saturated heterocycles. The van der Waals surface area contributed by atoms with Crippen LogP contribution in [0.1, 0.15) is 31.4 Å². The van der Waals surface area contributed by atoms with Crippen molar-refractivity contribution >= 4 is 17.4 Å². The molecule has 4 nitrogen and oxygen atoms in total. The minimum atomic E-state index is 0.328. The van der Waals surface area contributed by atoms with E-state index in [2.05, 4.69) is 20.9 Å². The maximum Gasteiger partial charge on any atom is 0.161 e. The first-order valence-corrected chi connectivity index (χ1v) is 8.68. The highest BCUT2D eigenvalue weighted by atomic mass is 35.5. The fourth-order valence-corrected chi connectivity index (χ4v) is 4.77. The Morgan fingerprint density at radius 1 is 1.14 bits per heavy atom. The Kier molecular flexibility index (Phi) is 3.71. The number of nitriles is 1. The van der Waals surface area contributed by atoms with Crippen LogP contribution in [0.4, 0.5) is 5.82 Å². The molecule has 1 aromatic heterocycles. The summed E-state index contributed by atoms with van der Waals surface area (Å²) >= 11 is 5.97. The number of piperazine rings is 1. The van der Waals surface area contributed by atoms with Crippen LogP contribution in [-0.4, -0.2) is 42.1 Å². The number of anilines is 1. The molecule has 0 N–H and O–H groups in total. The zero-order valence-electron chi connectivity index (χ0n) is 12.7. The van der Waals surface area contributed by atoms with Crippen LogP contribution in [0.2, 0.25) is 5.02 Å². The van der Waals surface area contributed by atoms with Crippen molar-refractivity contribution in [1.29, 1.82) is 5.26 Å². The lowest BCUT2D eigenvalue weighted by Gasteiger charge is -2.41. The molecule has 0 spiro atoms. The third kappa shape index (κ3) is 2.47. The molecule has 3 unspecified atom stereocenters. The molecule has 2 heterocycles. The summed E-state index contributed by atoms with van der Waals surface area (Å²) < 4.78 is 0. The van der Waals surface area contributed by atoms with E-state index in [4.69, 9.17) is 16.9 Å². The zero-order chi connectivity index (χ0) is 15.1. The van der Waals surface area contributed by atoms with Gasteiger partial charge in [0.2, 0.25) is 0 Å². The predicted octanol–water partition coefficient (Wildman–Crippen LogP) is 2.92. The number of hydrogen-bond acceptors (Lipinski definition) is 4. The Balaban J connectivity index is 1.41. The van der Waals surface area contributed by atoms with Gasteiger partial charge in [0.15, 0.2) is 5.69 Å². The summed E-state index contributed by atoms with van der Waals surface area (Å²) in [5, 5.41) is 9.50. The van der Waals surface area contributed by atoms with Crippen molar-refractivity contribution in [1.82, 2.24) is 9.88 Å². The maximum atomic E-state index is 9.06. The number of hydrogen-bond donors (Lipinski definition) is 0. The molecule has 0 amide bonds. The molecule has 2 aliphatic carbocycles. The van der Waals surface area contributed by atoms with Gasteiger partial charge in [0.1, 0.15) is 11.9 Å². The van der Waals surface area contributed by atoms with E-state index in [0.29, 0.717) is 10.7 Å². The van der Waals surface area contributed by atoms with Gasteiger partial charge in [-0.3, -0.25) is 4.90 Å². The van der Waals surface area contributed by atoms with Gasteiger partial charge in [0.25, 0.3) is 0 Å². The van der Waals surface area contributed by atoms with E-state index < -0.39 is 0 Å². The fraction of sp³-hybridized carbons (Fsp3) is 0.647. The predicted molar refractivity (Wildman–Crippen MR) is 87.0 cm³/mol. The van der Waals surface area contributed by atoms with Crippen molar-refractivity contribution in [3.8, 4) is 6.07 Å². The van der Waals surface area contributed by atoms with Crippen LogP contribution in [0.5, 0.6) is 0 Å². The molecule has 116 valence electrons. The van der Waals surface area contributed by atoms with Crippen molar-refractivity contribution < 1.29 is 0 Å². The summed E-state index contributed by atoms with van der Waals surface area (Å²) in [4.78, 5) is 9.36. The van der Waals surface area contributed by atoms with Crippen LogP contribution in [0.15, 0.2) is 12.1 Å². The van der Waals surface area contributed by atoms with Gasteiger partial charge in [-0.25, -0.2) is 4.98 Å². The number of rotatable bonds is 2. The molecule has 3 fully saturated rings. The first-order chi connectivity index (χ1) is 10.7. The van der Waals surface area contributed by atoms with Gasteiger partial charge < -0.3 is 4.90 Å². The van der Waals surface area contributed by atoms with Crippen molar-refractivity contribution in [2.75, 3.05) is 31.1 Å². The van der Waals surface area contributed by atoms with E-state index in [1.165, 1.54) is 25.7 Å². The third-order valence-corrected chi connectivity index (χ3v) is 6.05. The number of halogens is 1. The lowest BCUT2D eigenvalue weighted by atomic mass is 9.93. The molecule has 2 saturated carbocycles. The smallest absolute Gasteiger partial charge is 0.161 e. The number of pyridine rings is 1. The largest absolute Gasteiger partial charge is 0.354 e. The Bertz CT molecular complexity index is 603. The van der Waals surface area contributed by atoms with Gasteiger partial charge in [-0.1, -0.05) is 18.0 Å². The van der Waals surface area contributed by atoms with E-state index in [9.17, 15) is 0 Å². The molecule has 1 aromatic rings. The van der Waals surface area contributed by atoms with Crippen LogP contribution < -0.4 is 4.90 Å². The highest BCUT2D eigenvalue weighted by molar-refractivity contribution is 6.31. The molecule has 0 aromatic carbocycles. The minimum absolute atomic E-state index is 0.328. The summed E-state index contributed by atoms with van der Waals surface area (Å²) in [5.41, 5.74) is 0.328. The summed E-state index contributed by atoms with van der Waals surface area (Å²) in [7, 11) is 0. The Labute approximate surface area is 136 Å². The standard InChI is InChI=1S/C17H21ClN4/c18-14-3-4-17(20-15(14)11-19)22-7-5-21(6-8-22)16-10-12-1-2-13(16)9-12/h3-4,12-13,16H,1-2,5-10H2. The molecule has 5 heteroatoms. The first-order valence-electron chi connectivity index (χ1n) is 8.30. The quantitative estimate of drug-likeness (QED) is 0.841. The maximum absolute atomic E-state index is 9.06. The molecule has 3 atom stereocenters. The zero-order valence-corrected chi connectivity index (χ0v) is 13.5. The van der Waals surface area contributed by atoms with Crippen molar-refractivity contribution in [2.24, 2.45) is 11.8 Å². The highest BCUT2D eigenvalue weighted by Gasteiger charge is 2.42. The van der Waals surface area contributed by atoms with Crippen LogP contribution >= 0.6 is 11.6 Å². The molecule has 4 rings (SSSR count). The molecule has 1 aliphatic heterocycles. The monoisotopic (exact) mass is 316 g/mol. The number of fused-ring (bicyclic) bond motifs is 2. The number of nitrogens with zero attached hydrogens (tertiary/aromatic N) is 4. The minimum Gasteiger partial charge on any atom is -0.354 e. The van der Waals surface area contributed by atoms with E-state index in [0.717, 1.165) is 49.9 Å². The van der Waals surface area contributed by atoms with E-state index in [1.54, 1.807) is 6.07 Å².